The Hall–Kier alpha value is -0.560. The normalized spacial score (nSPS) is 22.5. The van der Waals surface area contributed by atoms with Gasteiger partial charge in [-0.15, -0.1) is 0 Å². The molecule has 0 spiro atoms. The van der Waals surface area contributed by atoms with Crippen LogP contribution in [0.3, 0.4) is 0 Å². The average Bonchev–Trinajstić information content (AvgIpc) is 2.05. The van der Waals surface area contributed by atoms with Crippen molar-refractivity contribution in [1.82, 2.24) is 0 Å². The van der Waals surface area contributed by atoms with Gasteiger partial charge in [-0.1, -0.05) is 30.7 Å². The van der Waals surface area contributed by atoms with Gasteiger partial charge >= 0.3 is 0 Å². The van der Waals surface area contributed by atoms with Crippen LogP contribution >= 0.6 is 0 Å². The van der Waals surface area contributed by atoms with Gasteiger partial charge in [0.1, 0.15) is 0 Å². The van der Waals surface area contributed by atoms with Gasteiger partial charge < -0.3 is 5.11 Å². The quantitative estimate of drug-likeness (QED) is 0.637. The lowest BCUT2D eigenvalue weighted by Gasteiger charge is -2.11. The lowest BCUT2D eigenvalue weighted by molar-refractivity contribution is 0.284. The number of aliphatic hydroxyl groups excluding tert-OH is 1. The summed E-state index contributed by atoms with van der Waals surface area (Å²) in [5.74, 6) is 0.708. The van der Waals surface area contributed by atoms with Crippen LogP contribution in [0.1, 0.15) is 32.6 Å². The summed E-state index contributed by atoms with van der Waals surface area (Å²) in [7, 11) is 0. The third-order valence-corrected chi connectivity index (χ3v) is 2.21. The van der Waals surface area contributed by atoms with Crippen LogP contribution < -0.4 is 0 Å². The second kappa shape index (κ2) is 5.15. The second-order valence-electron chi connectivity index (χ2n) is 3.54. The van der Waals surface area contributed by atoms with E-state index in [0.717, 1.165) is 19.3 Å². The Morgan fingerprint density at radius 3 is 3.00 bits per heavy atom. The Morgan fingerprint density at radius 2 is 2.33 bits per heavy atom. The molecule has 1 aliphatic rings. The summed E-state index contributed by atoms with van der Waals surface area (Å²) in [5, 5.41) is 8.61. The Labute approximate surface area is 74.8 Å². The van der Waals surface area contributed by atoms with Crippen LogP contribution in [-0.4, -0.2) is 11.7 Å². The molecule has 0 aliphatic heterocycles. The minimum absolute atomic E-state index is 0.326. The fraction of sp³-hybridized carbons (Fsp3) is 0.636. The van der Waals surface area contributed by atoms with Gasteiger partial charge in [-0.2, -0.15) is 0 Å². The van der Waals surface area contributed by atoms with E-state index in [-0.39, 0.29) is 0 Å². The molecule has 0 fully saturated rings. The van der Waals surface area contributed by atoms with E-state index in [1.807, 2.05) is 0 Å². The molecule has 0 heterocycles. The van der Waals surface area contributed by atoms with Crippen LogP contribution in [0.5, 0.6) is 0 Å². The predicted octanol–water partition coefficient (Wildman–Crippen LogP) is 2.67. The molecule has 0 saturated carbocycles. The van der Waals surface area contributed by atoms with Crippen molar-refractivity contribution in [3.63, 3.8) is 0 Å². The van der Waals surface area contributed by atoms with E-state index < -0.39 is 0 Å². The highest BCUT2D eigenvalue weighted by Crippen LogP contribution is 2.19. The van der Waals surface area contributed by atoms with Crippen LogP contribution in [0.15, 0.2) is 23.8 Å². The summed E-state index contributed by atoms with van der Waals surface area (Å²) < 4.78 is 0. The zero-order chi connectivity index (χ0) is 8.81. The van der Waals surface area contributed by atoms with Gasteiger partial charge in [-0.3, -0.25) is 0 Å². The summed E-state index contributed by atoms with van der Waals surface area (Å²) in [6.45, 7) is 2.57. The number of rotatable bonds is 4. The van der Waals surface area contributed by atoms with E-state index in [4.69, 9.17) is 5.11 Å². The molecule has 0 aromatic heterocycles. The van der Waals surface area contributed by atoms with E-state index in [9.17, 15) is 0 Å². The molecular weight excluding hydrogens is 148 g/mol. The van der Waals surface area contributed by atoms with Gasteiger partial charge in [0.15, 0.2) is 0 Å². The van der Waals surface area contributed by atoms with Crippen LogP contribution in [0.4, 0.5) is 0 Å². The Kier molecular flexibility index (Phi) is 4.09. The van der Waals surface area contributed by atoms with Gasteiger partial charge in [-0.25, -0.2) is 0 Å². The average molecular weight is 166 g/mol. The Morgan fingerprint density at radius 1 is 1.50 bits per heavy atom. The SMILES string of the molecule is CC1C=C(CCCCO)C=CC1. The lowest BCUT2D eigenvalue weighted by atomic mass is 9.95. The van der Waals surface area contributed by atoms with Crippen LogP contribution in [0.2, 0.25) is 0 Å². The molecule has 0 saturated heterocycles. The molecular formula is C11H18O. The van der Waals surface area contributed by atoms with E-state index in [1.54, 1.807) is 0 Å². The lowest BCUT2D eigenvalue weighted by Crippen LogP contribution is -1.95. The molecule has 0 radical (unpaired) electrons. The summed E-state index contributed by atoms with van der Waals surface area (Å²) in [5.41, 5.74) is 1.45. The smallest absolute Gasteiger partial charge is 0.0431 e. The minimum Gasteiger partial charge on any atom is -0.396 e. The molecule has 1 heteroatoms. The molecule has 0 aromatic carbocycles. The first-order valence-electron chi connectivity index (χ1n) is 4.81. The first-order valence-corrected chi connectivity index (χ1v) is 4.81. The molecule has 1 aliphatic carbocycles. The van der Waals surface area contributed by atoms with Crippen LogP contribution in [0, 0.1) is 5.92 Å². The molecule has 12 heavy (non-hydrogen) atoms. The summed E-state index contributed by atoms with van der Waals surface area (Å²) >= 11 is 0. The molecule has 0 amide bonds. The maximum Gasteiger partial charge on any atom is 0.0431 e. The van der Waals surface area contributed by atoms with E-state index >= 15 is 0 Å². The topological polar surface area (TPSA) is 20.2 Å². The molecule has 1 unspecified atom stereocenters. The third kappa shape index (κ3) is 3.22. The maximum absolute atomic E-state index is 8.61. The highest BCUT2D eigenvalue weighted by molar-refractivity contribution is 5.23. The van der Waals surface area contributed by atoms with Gasteiger partial charge in [0.25, 0.3) is 0 Å². The van der Waals surface area contributed by atoms with E-state index in [2.05, 4.69) is 25.2 Å². The van der Waals surface area contributed by atoms with Gasteiger partial charge in [-0.05, 0) is 31.6 Å². The summed E-state index contributed by atoms with van der Waals surface area (Å²) in [6.07, 6.45) is 11.2. The van der Waals surface area contributed by atoms with Gasteiger partial charge in [0, 0.05) is 6.61 Å². The fourth-order valence-corrected chi connectivity index (χ4v) is 1.53. The van der Waals surface area contributed by atoms with Crippen molar-refractivity contribution in [3.05, 3.63) is 23.8 Å². The first kappa shape index (κ1) is 9.53. The summed E-state index contributed by atoms with van der Waals surface area (Å²) in [6, 6.07) is 0. The van der Waals surface area contributed by atoms with Gasteiger partial charge in [0.05, 0.1) is 0 Å². The van der Waals surface area contributed by atoms with Crippen LogP contribution in [0.25, 0.3) is 0 Å². The zero-order valence-electron chi connectivity index (χ0n) is 7.79. The number of hydrogen-bond donors (Lipinski definition) is 1. The van der Waals surface area contributed by atoms with Crippen molar-refractivity contribution in [2.24, 2.45) is 5.92 Å². The monoisotopic (exact) mass is 166 g/mol. The predicted molar refractivity (Wildman–Crippen MR) is 51.9 cm³/mol. The zero-order valence-corrected chi connectivity index (χ0v) is 7.79. The molecule has 68 valence electrons. The standard InChI is InChI=1S/C11H18O/c1-10-5-4-7-11(9-10)6-2-3-8-12/h4,7,9-10,12H,2-3,5-6,8H2,1H3. The summed E-state index contributed by atoms with van der Waals surface area (Å²) in [4.78, 5) is 0. The third-order valence-electron chi connectivity index (χ3n) is 2.21. The highest BCUT2D eigenvalue weighted by atomic mass is 16.2. The molecule has 0 bridgehead atoms. The maximum atomic E-state index is 8.61. The second-order valence-corrected chi connectivity index (χ2v) is 3.54. The van der Waals surface area contributed by atoms with Gasteiger partial charge in [0.2, 0.25) is 0 Å². The van der Waals surface area contributed by atoms with Crippen molar-refractivity contribution < 1.29 is 5.11 Å². The molecule has 1 nitrogen and oxygen atoms in total. The first-order chi connectivity index (χ1) is 5.83. The van der Waals surface area contributed by atoms with Crippen LogP contribution in [-0.2, 0) is 0 Å². The van der Waals surface area contributed by atoms with Crippen molar-refractivity contribution in [2.75, 3.05) is 6.61 Å². The Balaban J connectivity index is 2.26. The Bertz CT molecular complexity index is 179. The number of allylic oxidation sites excluding steroid dienone is 4. The fourth-order valence-electron chi connectivity index (χ4n) is 1.53. The van der Waals surface area contributed by atoms with Crippen molar-refractivity contribution in [2.45, 2.75) is 32.6 Å². The van der Waals surface area contributed by atoms with E-state index in [1.165, 1.54) is 12.0 Å². The molecule has 0 aromatic rings. The largest absolute Gasteiger partial charge is 0.396 e. The molecule has 1 atom stereocenters. The molecule has 1 rings (SSSR count). The number of unbranched alkanes of at least 4 members (excludes halogenated alkanes) is 1. The van der Waals surface area contributed by atoms with E-state index in [0.29, 0.717) is 12.5 Å². The van der Waals surface area contributed by atoms with Crippen molar-refractivity contribution in [1.29, 1.82) is 0 Å². The minimum atomic E-state index is 0.326. The highest BCUT2D eigenvalue weighted by Gasteiger charge is 2.02. The number of hydrogen-bond acceptors (Lipinski definition) is 1. The van der Waals surface area contributed by atoms with Crippen molar-refractivity contribution >= 4 is 0 Å². The molecule has 1 N–H and O–H groups in total. The number of aliphatic hydroxyl groups is 1. The van der Waals surface area contributed by atoms with Crippen molar-refractivity contribution in [3.8, 4) is 0 Å².